The van der Waals surface area contributed by atoms with Gasteiger partial charge in [-0.2, -0.15) is 0 Å². The van der Waals surface area contributed by atoms with Crippen LogP contribution in [0.4, 0.5) is 4.39 Å². The molecule has 0 atom stereocenters. The highest BCUT2D eigenvalue weighted by Gasteiger charge is 2.12. The summed E-state index contributed by atoms with van der Waals surface area (Å²) in [6.07, 6.45) is 1.41. The van der Waals surface area contributed by atoms with Crippen LogP contribution in [0.3, 0.4) is 0 Å². The number of nitrogens with one attached hydrogen (secondary N) is 2. The number of pyridine rings is 1. The van der Waals surface area contributed by atoms with E-state index in [-0.39, 0.29) is 22.9 Å². The van der Waals surface area contributed by atoms with E-state index < -0.39 is 11.7 Å². The Morgan fingerprint density at radius 3 is 2.54 bits per heavy atom. The van der Waals surface area contributed by atoms with Gasteiger partial charge in [-0.3, -0.25) is 14.6 Å². The van der Waals surface area contributed by atoms with E-state index in [1.54, 1.807) is 0 Å². The summed E-state index contributed by atoms with van der Waals surface area (Å²) in [4.78, 5) is 28.0. The maximum Gasteiger partial charge on any atom is 0.269 e. The molecule has 6 nitrogen and oxygen atoms in total. The Bertz CT molecular complexity index is 993. The van der Waals surface area contributed by atoms with E-state index in [1.165, 1.54) is 31.4 Å². The van der Waals surface area contributed by atoms with Gasteiger partial charge >= 0.3 is 0 Å². The van der Waals surface area contributed by atoms with Crippen LogP contribution < -0.4 is 15.4 Å². The molecule has 2 amide bonds. The van der Waals surface area contributed by atoms with Gasteiger partial charge in [0.25, 0.3) is 11.8 Å². The Morgan fingerprint density at radius 1 is 1.00 bits per heavy atom. The van der Waals surface area contributed by atoms with Gasteiger partial charge < -0.3 is 15.4 Å². The third-order valence-corrected chi connectivity index (χ3v) is 3.86. The van der Waals surface area contributed by atoms with Crippen LogP contribution in [0.15, 0.2) is 66.9 Å². The molecule has 0 radical (unpaired) electrons. The molecule has 0 spiro atoms. The summed E-state index contributed by atoms with van der Waals surface area (Å²) >= 11 is 0. The predicted octanol–water partition coefficient (Wildman–Crippen LogP) is 3.30. The minimum absolute atomic E-state index is 0.131. The lowest BCUT2D eigenvalue weighted by atomic mass is 10.1. The molecule has 0 bridgehead atoms. The highest BCUT2D eigenvalue weighted by Crippen LogP contribution is 2.24. The molecule has 0 aliphatic heterocycles. The molecule has 0 aliphatic carbocycles. The van der Waals surface area contributed by atoms with Crippen LogP contribution in [0.5, 0.6) is 11.5 Å². The smallest absolute Gasteiger partial charge is 0.269 e. The maximum atomic E-state index is 14.0. The van der Waals surface area contributed by atoms with Gasteiger partial charge in [-0.25, -0.2) is 4.39 Å². The number of carbonyl (C=O) groups is 2. The number of aromatic nitrogens is 1. The van der Waals surface area contributed by atoms with Gasteiger partial charge in [0.15, 0.2) is 0 Å². The fraction of sp³-hybridized carbons (Fsp3) is 0.0952. The van der Waals surface area contributed by atoms with Crippen LogP contribution in [0, 0.1) is 5.82 Å². The number of amides is 2. The van der Waals surface area contributed by atoms with Crippen molar-refractivity contribution in [3.05, 3.63) is 89.5 Å². The number of carbonyl (C=O) groups excluding carboxylic acids is 2. The molecule has 0 saturated carbocycles. The summed E-state index contributed by atoms with van der Waals surface area (Å²) < 4.78 is 19.6. The molecule has 2 aromatic carbocycles. The molecule has 0 aliphatic rings. The molecule has 142 valence electrons. The van der Waals surface area contributed by atoms with Crippen molar-refractivity contribution in [1.29, 1.82) is 0 Å². The van der Waals surface area contributed by atoms with Crippen molar-refractivity contribution in [2.45, 2.75) is 6.54 Å². The highest BCUT2D eigenvalue weighted by atomic mass is 19.1. The second-order valence-corrected chi connectivity index (χ2v) is 5.90. The van der Waals surface area contributed by atoms with Crippen LogP contribution >= 0.6 is 0 Å². The van der Waals surface area contributed by atoms with Crippen LogP contribution in [-0.4, -0.2) is 23.8 Å². The van der Waals surface area contributed by atoms with E-state index in [9.17, 15) is 14.0 Å². The number of halogens is 1. The summed E-state index contributed by atoms with van der Waals surface area (Å²) in [5, 5.41) is 5.20. The Hall–Kier alpha value is -3.74. The standard InChI is InChI=1S/C21H18FN3O3/c1-23-21(27)19-12-17(7-8-24-19)28-18-10-15(9-16(22)11-18)20(26)25-13-14-5-3-2-4-6-14/h2-12H,13H2,1H3,(H,23,27)(H,25,26). The number of rotatable bonds is 6. The zero-order valence-corrected chi connectivity index (χ0v) is 15.1. The summed E-state index contributed by atoms with van der Waals surface area (Å²) in [5.74, 6) is -0.962. The van der Waals surface area contributed by atoms with Gasteiger partial charge in [-0.15, -0.1) is 0 Å². The molecule has 1 heterocycles. The van der Waals surface area contributed by atoms with Crippen LogP contribution in [0.1, 0.15) is 26.4 Å². The highest BCUT2D eigenvalue weighted by molar-refractivity contribution is 5.94. The van der Waals surface area contributed by atoms with Gasteiger partial charge in [0.1, 0.15) is 23.0 Å². The number of hydrogen-bond acceptors (Lipinski definition) is 4. The molecule has 0 fully saturated rings. The molecule has 3 rings (SSSR count). The first-order chi connectivity index (χ1) is 13.5. The zero-order valence-electron chi connectivity index (χ0n) is 15.1. The summed E-state index contributed by atoms with van der Waals surface area (Å²) in [5.41, 5.74) is 1.23. The minimum atomic E-state index is -0.608. The van der Waals surface area contributed by atoms with Crippen LogP contribution in [0.25, 0.3) is 0 Å². The average Bonchev–Trinajstić information content (AvgIpc) is 2.72. The molecular formula is C21H18FN3O3. The number of benzene rings is 2. The second kappa shape index (κ2) is 8.77. The van der Waals surface area contributed by atoms with Gasteiger partial charge in [0.2, 0.25) is 0 Å². The van der Waals surface area contributed by atoms with E-state index in [0.29, 0.717) is 12.3 Å². The van der Waals surface area contributed by atoms with E-state index in [4.69, 9.17) is 4.74 Å². The summed E-state index contributed by atoms with van der Waals surface area (Å²) in [6.45, 7) is 0.326. The van der Waals surface area contributed by atoms with Crippen LogP contribution in [0.2, 0.25) is 0 Å². The number of nitrogens with zero attached hydrogens (tertiary/aromatic N) is 1. The van der Waals surface area contributed by atoms with Crippen molar-refractivity contribution < 1.29 is 18.7 Å². The van der Waals surface area contributed by atoms with Gasteiger partial charge in [-0.1, -0.05) is 30.3 Å². The second-order valence-electron chi connectivity index (χ2n) is 5.90. The lowest BCUT2D eigenvalue weighted by Gasteiger charge is -2.10. The predicted molar refractivity (Wildman–Crippen MR) is 102 cm³/mol. The lowest BCUT2D eigenvalue weighted by Crippen LogP contribution is -2.22. The molecule has 7 heteroatoms. The number of hydrogen-bond donors (Lipinski definition) is 2. The van der Waals surface area contributed by atoms with E-state index in [2.05, 4.69) is 15.6 Å². The summed E-state index contributed by atoms with van der Waals surface area (Å²) in [7, 11) is 1.49. The molecular weight excluding hydrogens is 361 g/mol. The SMILES string of the molecule is CNC(=O)c1cc(Oc2cc(F)cc(C(=O)NCc3ccccc3)c2)ccn1. The Balaban J connectivity index is 1.74. The Morgan fingerprint density at radius 2 is 1.79 bits per heavy atom. The summed E-state index contributed by atoms with van der Waals surface area (Å²) in [6, 6.07) is 16.1. The molecule has 1 aromatic heterocycles. The fourth-order valence-electron chi connectivity index (χ4n) is 2.50. The van der Waals surface area contributed by atoms with E-state index >= 15 is 0 Å². The first kappa shape index (κ1) is 19.0. The third kappa shape index (κ3) is 4.91. The van der Waals surface area contributed by atoms with Crippen molar-refractivity contribution in [3.8, 4) is 11.5 Å². The quantitative estimate of drug-likeness (QED) is 0.689. The molecule has 28 heavy (non-hydrogen) atoms. The first-order valence-corrected chi connectivity index (χ1v) is 8.54. The largest absolute Gasteiger partial charge is 0.457 e. The maximum absolute atomic E-state index is 14.0. The lowest BCUT2D eigenvalue weighted by molar-refractivity contribution is 0.0945. The van der Waals surface area contributed by atoms with E-state index in [0.717, 1.165) is 17.7 Å². The van der Waals surface area contributed by atoms with Crippen molar-refractivity contribution in [2.24, 2.45) is 0 Å². The average molecular weight is 379 g/mol. The van der Waals surface area contributed by atoms with Gasteiger partial charge in [-0.05, 0) is 23.8 Å². The fourth-order valence-corrected chi connectivity index (χ4v) is 2.50. The molecule has 0 unspecified atom stereocenters. The first-order valence-electron chi connectivity index (χ1n) is 8.54. The Kier molecular flexibility index (Phi) is 5.96. The minimum Gasteiger partial charge on any atom is -0.457 e. The molecule has 3 aromatic rings. The monoisotopic (exact) mass is 379 g/mol. The normalized spacial score (nSPS) is 10.2. The topological polar surface area (TPSA) is 80.3 Å². The van der Waals surface area contributed by atoms with Gasteiger partial charge in [0.05, 0.1) is 0 Å². The Labute approximate surface area is 161 Å². The third-order valence-electron chi connectivity index (χ3n) is 3.86. The van der Waals surface area contributed by atoms with E-state index in [1.807, 2.05) is 30.3 Å². The molecule has 2 N–H and O–H groups in total. The number of ether oxygens (including phenoxy) is 1. The van der Waals surface area contributed by atoms with Crippen molar-refractivity contribution in [1.82, 2.24) is 15.6 Å². The molecule has 0 saturated heterocycles. The van der Waals surface area contributed by atoms with Crippen LogP contribution in [-0.2, 0) is 6.54 Å². The van der Waals surface area contributed by atoms with Crippen molar-refractivity contribution in [3.63, 3.8) is 0 Å². The zero-order chi connectivity index (χ0) is 19.9. The van der Waals surface area contributed by atoms with Gasteiger partial charge in [0, 0.05) is 37.5 Å². The van der Waals surface area contributed by atoms with Crippen molar-refractivity contribution in [2.75, 3.05) is 7.05 Å². The van der Waals surface area contributed by atoms with Crippen molar-refractivity contribution >= 4 is 11.8 Å².